The second kappa shape index (κ2) is 5.56. The van der Waals surface area contributed by atoms with Gasteiger partial charge in [0.15, 0.2) is 0 Å². The van der Waals surface area contributed by atoms with Crippen LogP contribution in [0.25, 0.3) is 0 Å². The molecule has 2 aromatic carbocycles. The molecule has 0 aliphatic rings. The van der Waals surface area contributed by atoms with Crippen molar-refractivity contribution in [1.29, 1.82) is 0 Å². The lowest BCUT2D eigenvalue weighted by Crippen LogP contribution is -1.83. The number of halogens is 2. The number of methoxy groups -OCH3 is 1. The summed E-state index contributed by atoms with van der Waals surface area (Å²) >= 11 is 4.63. The molecule has 0 radical (unpaired) electrons. The summed E-state index contributed by atoms with van der Waals surface area (Å²) < 4.78 is 19.4. The minimum atomic E-state index is -0.222. The number of rotatable bonds is 3. The Kier molecular flexibility index (Phi) is 4.07. The smallest absolute Gasteiger partial charge is 0.138 e. The maximum atomic E-state index is 13.6. The first-order valence-corrected chi connectivity index (χ1v) is 6.57. The van der Waals surface area contributed by atoms with Crippen molar-refractivity contribution in [1.82, 2.24) is 0 Å². The third kappa shape index (κ3) is 3.23. The van der Waals surface area contributed by atoms with E-state index in [4.69, 9.17) is 4.74 Å². The molecule has 0 fully saturated rings. The molecule has 0 heterocycles. The molecule has 0 unspecified atom stereocenters. The quantitative estimate of drug-likeness (QED) is 0.809. The predicted molar refractivity (Wildman–Crippen MR) is 71.2 cm³/mol. The van der Waals surface area contributed by atoms with Gasteiger partial charge >= 0.3 is 0 Å². The predicted octanol–water partition coefficient (Wildman–Crippen LogP) is 4.75. The number of hydrogen-bond acceptors (Lipinski definition) is 2. The van der Waals surface area contributed by atoms with E-state index < -0.39 is 0 Å². The Morgan fingerprint density at radius 2 is 1.82 bits per heavy atom. The van der Waals surface area contributed by atoms with Crippen LogP contribution in [0.3, 0.4) is 0 Å². The summed E-state index contributed by atoms with van der Waals surface area (Å²) in [6.07, 6.45) is 0. The van der Waals surface area contributed by atoms with Crippen LogP contribution in [0, 0.1) is 5.82 Å². The molecule has 0 N–H and O–H groups in total. The fourth-order valence-electron chi connectivity index (χ4n) is 1.33. The van der Waals surface area contributed by atoms with Crippen molar-refractivity contribution in [3.63, 3.8) is 0 Å². The number of ether oxygens (including phenoxy) is 1. The Labute approximate surface area is 112 Å². The van der Waals surface area contributed by atoms with Crippen LogP contribution in [0.1, 0.15) is 0 Å². The van der Waals surface area contributed by atoms with Crippen LogP contribution in [-0.2, 0) is 0 Å². The second-order valence-electron chi connectivity index (χ2n) is 3.35. The third-order valence-electron chi connectivity index (χ3n) is 2.18. The Morgan fingerprint density at radius 3 is 2.41 bits per heavy atom. The lowest BCUT2D eigenvalue weighted by atomic mass is 10.3. The monoisotopic (exact) mass is 312 g/mol. The standard InChI is InChI=1S/C13H10BrFOS/c1-16-10-3-5-11(6-4-10)17-13-7-2-9(14)8-12(13)15/h2-8H,1H3. The molecular weight excluding hydrogens is 303 g/mol. The van der Waals surface area contributed by atoms with E-state index in [1.54, 1.807) is 13.2 Å². The van der Waals surface area contributed by atoms with Crippen LogP contribution < -0.4 is 4.74 Å². The van der Waals surface area contributed by atoms with Crippen molar-refractivity contribution >= 4 is 27.7 Å². The van der Waals surface area contributed by atoms with Crippen molar-refractivity contribution in [2.45, 2.75) is 9.79 Å². The van der Waals surface area contributed by atoms with Crippen molar-refractivity contribution in [2.24, 2.45) is 0 Å². The first-order chi connectivity index (χ1) is 8.19. The van der Waals surface area contributed by atoms with Crippen LogP contribution in [0.15, 0.2) is 56.7 Å². The molecule has 0 bridgehead atoms. The van der Waals surface area contributed by atoms with Crippen molar-refractivity contribution in [3.8, 4) is 5.75 Å². The Balaban J connectivity index is 2.19. The van der Waals surface area contributed by atoms with Gasteiger partial charge in [-0.25, -0.2) is 4.39 Å². The summed E-state index contributed by atoms with van der Waals surface area (Å²) in [5.41, 5.74) is 0. The van der Waals surface area contributed by atoms with Gasteiger partial charge in [0.2, 0.25) is 0 Å². The molecule has 0 aliphatic heterocycles. The summed E-state index contributed by atoms with van der Waals surface area (Å²) in [7, 11) is 1.62. The molecule has 0 aliphatic carbocycles. The minimum Gasteiger partial charge on any atom is -0.497 e. The first kappa shape index (κ1) is 12.5. The fraction of sp³-hybridized carbons (Fsp3) is 0.0769. The molecule has 4 heteroatoms. The molecule has 0 amide bonds. The third-order valence-corrected chi connectivity index (χ3v) is 3.73. The van der Waals surface area contributed by atoms with E-state index in [1.807, 2.05) is 30.3 Å². The van der Waals surface area contributed by atoms with Gasteiger partial charge in [0.05, 0.1) is 7.11 Å². The van der Waals surface area contributed by atoms with E-state index >= 15 is 0 Å². The molecule has 0 saturated heterocycles. The van der Waals surface area contributed by atoms with Gasteiger partial charge in [0, 0.05) is 14.3 Å². The molecule has 2 rings (SSSR count). The van der Waals surface area contributed by atoms with Gasteiger partial charge in [-0.15, -0.1) is 0 Å². The van der Waals surface area contributed by atoms with E-state index in [2.05, 4.69) is 15.9 Å². The van der Waals surface area contributed by atoms with Crippen molar-refractivity contribution < 1.29 is 9.13 Å². The van der Waals surface area contributed by atoms with Crippen LogP contribution in [0.2, 0.25) is 0 Å². The summed E-state index contributed by atoms with van der Waals surface area (Å²) in [6.45, 7) is 0. The first-order valence-electron chi connectivity index (χ1n) is 4.96. The van der Waals surface area contributed by atoms with Gasteiger partial charge in [0.1, 0.15) is 11.6 Å². The topological polar surface area (TPSA) is 9.23 Å². The van der Waals surface area contributed by atoms with Crippen LogP contribution >= 0.6 is 27.7 Å². The summed E-state index contributed by atoms with van der Waals surface area (Å²) in [5.74, 6) is 0.575. The Bertz CT molecular complexity index is 513. The molecule has 2 aromatic rings. The van der Waals surface area contributed by atoms with E-state index in [1.165, 1.54) is 17.8 Å². The minimum absolute atomic E-state index is 0.222. The second-order valence-corrected chi connectivity index (χ2v) is 5.38. The zero-order valence-electron chi connectivity index (χ0n) is 9.11. The highest BCUT2D eigenvalue weighted by Crippen LogP contribution is 2.31. The van der Waals surface area contributed by atoms with Crippen LogP contribution in [0.5, 0.6) is 5.75 Å². The van der Waals surface area contributed by atoms with Gasteiger partial charge in [-0.1, -0.05) is 27.7 Å². The lowest BCUT2D eigenvalue weighted by Gasteiger charge is -2.04. The highest BCUT2D eigenvalue weighted by atomic mass is 79.9. The van der Waals surface area contributed by atoms with Crippen molar-refractivity contribution in [2.75, 3.05) is 7.11 Å². The number of benzene rings is 2. The van der Waals surface area contributed by atoms with E-state index in [0.29, 0.717) is 4.90 Å². The largest absolute Gasteiger partial charge is 0.497 e. The van der Waals surface area contributed by atoms with Gasteiger partial charge in [0.25, 0.3) is 0 Å². The Morgan fingerprint density at radius 1 is 1.12 bits per heavy atom. The number of hydrogen-bond donors (Lipinski definition) is 0. The van der Waals surface area contributed by atoms with E-state index in [9.17, 15) is 4.39 Å². The molecule has 0 spiro atoms. The normalized spacial score (nSPS) is 10.3. The molecule has 0 atom stereocenters. The average molecular weight is 313 g/mol. The van der Waals surface area contributed by atoms with Crippen LogP contribution in [0.4, 0.5) is 4.39 Å². The van der Waals surface area contributed by atoms with Crippen LogP contribution in [-0.4, -0.2) is 7.11 Å². The zero-order valence-corrected chi connectivity index (χ0v) is 11.5. The van der Waals surface area contributed by atoms with Crippen molar-refractivity contribution in [3.05, 3.63) is 52.8 Å². The summed E-state index contributed by atoms with van der Waals surface area (Å²) in [5, 5.41) is 0. The molecule has 0 aromatic heterocycles. The van der Waals surface area contributed by atoms with Gasteiger partial charge < -0.3 is 4.74 Å². The molecule has 0 saturated carbocycles. The maximum absolute atomic E-state index is 13.6. The van der Waals surface area contributed by atoms with E-state index in [-0.39, 0.29) is 5.82 Å². The highest BCUT2D eigenvalue weighted by Gasteiger charge is 2.04. The molecular formula is C13H10BrFOS. The van der Waals surface area contributed by atoms with E-state index in [0.717, 1.165) is 15.1 Å². The average Bonchev–Trinajstić information content (AvgIpc) is 2.34. The van der Waals surface area contributed by atoms with Gasteiger partial charge in [-0.2, -0.15) is 0 Å². The van der Waals surface area contributed by atoms with Gasteiger partial charge in [-0.3, -0.25) is 0 Å². The zero-order chi connectivity index (χ0) is 12.3. The Hall–Kier alpha value is -1.00. The van der Waals surface area contributed by atoms with Gasteiger partial charge in [-0.05, 0) is 42.5 Å². The fourth-order valence-corrected chi connectivity index (χ4v) is 2.48. The molecule has 88 valence electrons. The summed E-state index contributed by atoms with van der Waals surface area (Å²) in [4.78, 5) is 1.59. The molecule has 1 nitrogen and oxygen atoms in total. The molecule has 17 heavy (non-hydrogen) atoms. The highest BCUT2D eigenvalue weighted by molar-refractivity contribution is 9.10. The maximum Gasteiger partial charge on any atom is 0.138 e. The lowest BCUT2D eigenvalue weighted by molar-refractivity contribution is 0.414. The summed E-state index contributed by atoms with van der Waals surface area (Å²) in [6, 6.07) is 12.6. The SMILES string of the molecule is COc1ccc(Sc2ccc(Br)cc2F)cc1.